The smallest absolute Gasteiger partial charge is 0.305 e. The molecule has 0 saturated heterocycles. The Morgan fingerprint density at radius 3 is 2.89 bits per heavy atom. The van der Waals surface area contributed by atoms with Crippen LogP contribution in [-0.4, -0.2) is 25.3 Å². The first-order chi connectivity index (χ1) is 8.65. The number of carbonyl (C=O) groups excluding carboxylic acids is 1. The van der Waals surface area contributed by atoms with Gasteiger partial charge in [0.2, 0.25) is 0 Å². The fourth-order valence-electron chi connectivity index (χ4n) is 1.65. The van der Waals surface area contributed by atoms with Crippen LogP contribution in [0.5, 0.6) is 5.75 Å². The molecule has 0 spiro atoms. The number of hydrogen-bond acceptors (Lipinski definition) is 5. The van der Waals surface area contributed by atoms with Crippen LogP contribution in [0, 0.1) is 0 Å². The summed E-state index contributed by atoms with van der Waals surface area (Å²) in [6.07, 6.45) is 0.699. The lowest BCUT2D eigenvalue weighted by atomic mass is 10.1. The van der Waals surface area contributed by atoms with Gasteiger partial charge in [0.1, 0.15) is 5.75 Å². The molecule has 0 aliphatic heterocycles. The van der Waals surface area contributed by atoms with Gasteiger partial charge in [0.15, 0.2) is 5.58 Å². The van der Waals surface area contributed by atoms with Gasteiger partial charge in [-0.15, -0.1) is 0 Å². The molecule has 96 valence electrons. The van der Waals surface area contributed by atoms with Crippen molar-refractivity contribution in [2.45, 2.75) is 12.8 Å². The van der Waals surface area contributed by atoms with Gasteiger partial charge in [0, 0.05) is 17.9 Å². The zero-order valence-corrected chi connectivity index (χ0v) is 10.8. The van der Waals surface area contributed by atoms with Crippen LogP contribution in [0.4, 0.5) is 0 Å². The van der Waals surface area contributed by atoms with Gasteiger partial charge in [-0.2, -0.15) is 0 Å². The number of benzene rings is 1. The molecular formula is C12H12ClNO4. The second-order valence-electron chi connectivity index (χ2n) is 3.69. The van der Waals surface area contributed by atoms with E-state index in [-0.39, 0.29) is 12.4 Å². The lowest BCUT2D eigenvalue weighted by Crippen LogP contribution is -2.02. The van der Waals surface area contributed by atoms with Gasteiger partial charge in [-0.1, -0.05) is 16.8 Å². The van der Waals surface area contributed by atoms with E-state index in [1.165, 1.54) is 14.2 Å². The second-order valence-corrected chi connectivity index (χ2v) is 4.10. The molecule has 0 fully saturated rings. The molecule has 5 nitrogen and oxygen atoms in total. The van der Waals surface area contributed by atoms with Crippen LogP contribution < -0.4 is 4.74 Å². The van der Waals surface area contributed by atoms with Crippen LogP contribution in [0.1, 0.15) is 12.1 Å². The third-order valence-corrected chi connectivity index (χ3v) is 2.91. The Kier molecular flexibility index (Phi) is 3.72. The van der Waals surface area contributed by atoms with Gasteiger partial charge in [0.25, 0.3) is 0 Å². The summed E-state index contributed by atoms with van der Waals surface area (Å²) in [4.78, 5) is 11.1. The highest BCUT2D eigenvalue weighted by molar-refractivity contribution is 6.32. The molecular weight excluding hydrogens is 258 g/mol. The number of fused-ring (bicyclic) bond motifs is 1. The molecule has 0 unspecified atom stereocenters. The predicted octanol–water partition coefficient (Wildman–Crippen LogP) is 2.60. The first kappa shape index (κ1) is 12.7. The zero-order chi connectivity index (χ0) is 13.1. The molecule has 0 aliphatic carbocycles. The molecule has 0 N–H and O–H groups in total. The normalized spacial score (nSPS) is 10.6. The zero-order valence-electron chi connectivity index (χ0n) is 10.0. The number of aryl methyl sites for hydroxylation is 1. The highest BCUT2D eigenvalue weighted by atomic mass is 35.5. The largest absolute Gasteiger partial charge is 0.495 e. The van der Waals surface area contributed by atoms with E-state index in [0.29, 0.717) is 28.5 Å². The Bertz CT molecular complexity index is 579. The summed E-state index contributed by atoms with van der Waals surface area (Å²) in [6, 6.07) is 3.39. The summed E-state index contributed by atoms with van der Waals surface area (Å²) in [7, 11) is 2.88. The van der Waals surface area contributed by atoms with E-state index in [1.807, 2.05) is 0 Å². The Balaban J connectivity index is 2.30. The molecule has 0 amide bonds. The molecule has 1 aromatic carbocycles. The van der Waals surface area contributed by atoms with Gasteiger partial charge in [0.05, 0.1) is 31.4 Å². The number of rotatable bonds is 4. The molecule has 2 rings (SSSR count). The van der Waals surface area contributed by atoms with Crippen molar-refractivity contribution in [1.82, 2.24) is 5.16 Å². The first-order valence-corrected chi connectivity index (χ1v) is 5.72. The van der Waals surface area contributed by atoms with E-state index in [9.17, 15) is 4.79 Å². The van der Waals surface area contributed by atoms with Crippen molar-refractivity contribution in [2.75, 3.05) is 14.2 Å². The van der Waals surface area contributed by atoms with Gasteiger partial charge in [-0.05, 0) is 6.07 Å². The lowest BCUT2D eigenvalue weighted by Gasteiger charge is -2.01. The second kappa shape index (κ2) is 5.27. The average molecular weight is 270 g/mol. The standard InChI is InChI=1S/C12H12ClNO4/c1-16-11-6-10-7(5-8(11)13)9(14-18-10)3-4-12(15)17-2/h5-6H,3-4H2,1-2H3. The molecule has 1 aromatic heterocycles. The molecule has 0 radical (unpaired) electrons. The van der Waals surface area contributed by atoms with Crippen LogP contribution in [0.15, 0.2) is 16.7 Å². The van der Waals surface area contributed by atoms with E-state index in [2.05, 4.69) is 9.89 Å². The average Bonchev–Trinajstić information content (AvgIpc) is 2.77. The van der Waals surface area contributed by atoms with Crippen LogP contribution >= 0.6 is 11.6 Å². The lowest BCUT2D eigenvalue weighted by molar-refractivity contribution is -0.140. The van der Waals surface area contributed by atoms with Crippen LogP contribution in [0.2, 0.25) is 5.02 Å². The minimum absolute atomic E-state index is 0.252. The SMILES string of the molecule is COC(=O)CCc1noc2cc(OC)c(Cl)cc12. The third kappa shape index (κ3) is 2.41. The summed E-state index contributed by atoms with van der Waals surface area (Å²) in [5.41, 5.74) is 1.26. The summed E-state index contributed by atoms with van der Waals surface area (Å²) >= 11 is 6.04. The number of nitrogens with zero attached hydrogens (tertiary/aromatic N) is 1. The topological polar surface area (TPSA) is 61.6 Å². The summed E-state index contributed by atoms with van der Waals surface area (Å²) in [6.45, 7) is 0. The summed E-state index contributed by atoms with van der Waals surface area (Å²) in [5.74, 6) is 0.241. The molecule has 2 aromatic rings. The number of halogens is 1. The number of methoxy groups -OCH3 is 2. The maximum absolute atomic E-state index is 11.1. The van der Waals surface area contributed by atoms with Crippen LogP contribution in [0.3, 0.4) is 0 Å². The first-order valence-electron chi connectivity index (χ1n) is 5.34. The Hall–Kier alpha value is -1.75. The fraction of sp³-hybridized carbons (Fsp3) is 0.333. The highest BCUT2D eigenvalue weighted by Crippen LogP contribution is 2.31. The molecule has 0 saturated carbocycles. The van der Waals surface area contributed by atoms with Gasteiger partial charge >= 0.3 is 5.97 Å². The van der Waals surface area contributed by atoms with Crippen molar-refractivity contribution >= 4 is 28.5 Å². The minimum Gasteiger partial charge on any atom is -0.495 e. The van der Waals surface area contributed by atoms with Crippen molar-refractivity contribution < 1.29 is 18.8 Å². The van der Waals surface area contributed by atoms with Gasteiger partial charge in [-0.3, -0.25) is 4.79 Å². The molecule has 1 heterocycles. The Labute approximate surface area is 109 Å². The van der Waals surface area contributed by atoms with E-state index >= 15 is 0 Å². The van der Waals surface area contributed by atoms with Crippen molar-refractivity contribution in [3.05, 3.63) is 22.8 Å². The quantitative estimate of drug-likeness (QED) is 0.799. The maximum atomic E-state index is 11.1. The van der Waals surface area contributed by atoms with E-state index in [4.69, 9.17) is 20.9 Å². The minimum atomic E-state index is -0.286. The number of ether oxygens (including phenoxy) is 2. The summed E-state index contributed by atoms with van der Waals surface area (Å²) < 4.78 is 14.8. The molecule has 0 aliphatic rings. The highest BCUT2D eigenvalue weighted by Gasteiger charge is 2.13. The van der Waals surface area contributed by atoms with Crippen molar-refractivity contribution in [3.63, 3.8) is 0 Å². The third-order valence-electron chi connectivity index (χ3n) is 2.61. The number of esters is 1. The number of hydrogen-bond donors (Lipinski definition) is 0. The monoisotopic (exact) mass is 269 g/mol. The molecule has 0 atom stereocenters. The van der Waals surface area contributed by atoms with E-state index < -0.39 is 0 Å². The van der Waals surface area contributed by atoms with Crippen molar-refractivity contribution in [2.24, 2.45) is 0 Å². The van der Waals surface area contributed by atoms with Crippen LogP contribution in [-0.2, 0) is 16.0 Å². The van der Waals surface area contributed by atoms with Crippen molar-refractivity contribution in [1.29, 1.82) is 0 Å². The predicted molar refractivity (Wildman–Crippen MR) is 65.9 cm³/mol. The van der Waals surface area contributed by atoms with Gasteiger partial charge < -0.3 is 14.0 Å². The van der Waals surface area contributed by atoms with Crippen LogP contribution in [0.25, 0.3) is 11.0 Å². The fourth-order valence-corrected chi connectivity index (χ4v) is 1.89. The molecule has 18 heavy (non-hydrogen) atoms. The van der Waals surface area contributed by atoms with E-state index in [1.54, 1.807) is 12.1 Å². The van der Waals surface area contributed by atoms with E-state index in [0.717, 1.165) is 5.39 Å². The Morgan fingerprint density at radius 2 is 2.22 bits per heavy atom. The summed E-state index contributed by atoms with van der Waals surface area (Å²) in [5, 5.41) is 5.18. The molecule has 0 bridgehead atoms. The number of carbonyl (C=O) groups is 1. The molecule has 6 heteroatoms. The van der Waals surface area contributed by atoms with Gasteiger partial charge in [-0.25, -0.2) is 0 Å². The Morgan fingerprint density at radius 1 is 1.44 bits per heavy atom. The van der Waals surface area contributed by atoms with Crippen molar-refractivity contribution in [3.8, 4) is 5.75 Å². The number of aromatic nitrogens is 1. The maximum Gasteiger partial charge on any atom is 0.305 e.